The molecule has 2 aromatic heterocycles. The first kappa shape index (κ1) is 14.6. The van der Waals surface area contributed by atoms with Crippen molar-refractivity contribution in [2.75, 3.05) is 0 Å². The largest absolute Gasteiger partial charge is 0.256 e. The highest BCUT2D eigenvalue weighted by molar-refractivity contribution is 7.25. The van der Waals surface area contributed by atoms with E-state index in [4.69, 9.17) is 4.98 Å². The second-order valence-electron chi connectivity index (χ2n) is 6.96. The van der Waals surface area contributed by atoms with Crippen molar-refractivity contribution < 1.29 is 0 Å². The van der Waals surface area contributed by atoms with Crippen LogP contribution in [0.25, 0.3) is 31.4 Å². The first-order valence-corrected chi connectivity index (χ1v) is 12.2. The summed E-state index contributed by atoms with van der Waals surface area (Å²) in [6.07, 6.45) is 2.08. The van der Waals surface area contributed by atoms with Crippen LogP contribution in [-0.2, 0) is 0 Å². The van der Waals surface area contributed by atoms with E-state index >= 15 is 0 Å². The molecule has 3 heteroatoms. The van der Waals surface area contributed by atoms with Crippen molar-refractivity contribution in [3.05, 3.63) is 60.8 Å². The summed E-state index contributed by atoms with van der Waals surface area (Å²) in [7, 11) is -1.30. The van der Waals surface area contributed by atoms with Gasteiger partial charge in [-0.15, -0.1) is 11.3 Å². The molecule has 114 valence electrons. The zero-order chi connectivity index (χ0) is 16.0. The molecule has 0 amide bonds. The lowest BCUT2D eigenvalue weighted by Crippen LogP contribution is -2.37. The van der Waals surface area contributed by atoms with Crippen LogP contribution in [0.4, 0.5) is 0 Å². The topological polar surface area (TPSA) is 12.9 Å². The molecule has 0 spiro atoms. The van der Waals surface area contributed by atoms with Crippen LogP contribution in [0, 0.1) is 0 Å². The monoisotopic (exact) mass is 333 g/mol. The Bertz CT molecular complexity index is 994. The second-order valence-corrected chi connectivity index (χ2v) is 13.1. The molecule has 4 aromatic rings. The summed E-state index contributed by atoms with van der Waals surface area (Å²) in [5.74, 6) is 0. The van der Waals surface area contributed by atoms with Crippen molar-refractivity contribution >= 4 is 44.8 Å². The number of rotatable bonds is 2. The summed E-state index contributed by atoms with van der Waals surface area (Å²) >= 11 is 1.86. The summed E-state index contributed by atoms with van der Waals surface area (Å²) in [6.45, 7) is 7.07. The molecule has 0 fully saturated rings. The lowest BCUT2D eigenvalue weighted by Gasteiger charge is -2.16. The third-order valence-electron chi connectivity index (χ3n) is 4.31. The van der Waals surface area contributed by atoms with E-state index < -0.39 is 8.07 Å². The molecule has 1 nitrogen and oxygen atoms in total. The van der Waals surface area contributed by atoms with Crippen molar-refractivity contribution in [2.45, 2.75) is 19.6 Å². The molecule has 4 rings (SSSR count). The lowest BCUT2D eigenvalue weighted by atomic mass is 10.0. The Kier molecular flexibility index (Phi) is 3.36. The summed E-state index contributed by atoms with van der Waals surface area (Å²) in [5, 5.41) is 4.07. The van der Waals surface area contributed by atoms with Gasteiger partial charge in [0.1, 0.15) is 0 Å². The molecule has 0 atom stereocenters. The number of hydrogen-bond donors (Lipinski definition) is 0. The van der Waals surface area contributed by atoms with Crippen LogP contribution in [-0.4, -0.2) is 13.1 Å². The molecule has 0 N–H and O–H groups in total. The predicted molar refractivity (Wildman–Crippen MR) is 106 cm³/mol. The van der Waals surface area contributed by atoms with Crippen LogP contribution >= 0.6 is 11.3 Å². The maximum atomic E-state index is 4.79. The highest BCUT2D eigenvalue weighted by Crippen LogP contribution is 2.39. The molecule has 0 aliphatic rings. The first-order valence-electron chi connectivity index (χ1n) is 7.91. The van der Waals surface area contributed by atoms with Crippen molar-refractivity contribution in [1.82, 2.24) is 4.98 Å². The fourth-order valence-electron chi connectivity index (χ4n) is 2.98. The minimum absolute atomic E-state index is 1.07. The summed E-state index contributed by atoms with van der Waals surface area (Å²) < 4.78 is 2.67. The molecule has 0 saturated heterocycles. The van der Waals surface area contributed by atoms with Gasteiger partial charge < -0.3 is 0 Å². The van der Waals surface area contributed by atoms with Crippen LogP contribution < -0.4 is 5.19 Å². The van der Waals surface area contributed by atoms with E-state index in [-0.39, 0.29) is 0 Å². The molecule has 0 aliphatic carbocycles. The van der Waals surface area contributed by atoms with E-state index in [1.54, 1.807) is 0 Å². The maximum absolute atomic E-state index is 4.79. The van der Waals surface area contributed by atoms with Crippen molar-refractivity contribution in [1.29, 1.82) is 0 Å². The van der Waals surface area contributed by atoms with Gasteiger partial charge in [0, 0.05) is 31.9 Å². The van der Waals surface area contributed by atoms with Gasteiger partial charge in [-0.3, -0.25) is 4.98 Å². The Morgan fingerprint density at radius 2 is 1.61 bits per heavy atom. The van der Waals surface area contributed by atoms with Gasteiger partial charge in [-0.1, -0.05) is 56.0 Å². The van der Waals surface area contributed by atoms with Gasteiger partial charge in [0.05, 0.1) is 13.8 Å². The number of nitrogens with zero attached hydrogens (tertiary/aromatic N) is 1. The molecule has 0 unspecified atom stereocenters. The summed E-state index contributed by atoms with van der Waals surface area (Å²) in [5.41, 5.74) is 2.31. The third kappa shape index (κ3) is 2.50. The molecular formula is C20H19NSSi. The van der Waals surface area contributed by atoms with Crippen molar-refractivity contribution in [3.8, 4) is 11.3 Å². The van der Waals surface area contributed by atoms with Crippen LogP contribution in [0.15, 0.2) is 60.8 Å². The third-order valence-corrected chi connectivity index (χ3v) is 7.47. The Morgan fingerprint density at radius 3 is 2.35 bits per heavy atom. The zero-order valence-electron chi connectivity index (χ0n) is 13.6. The van der Waals surface area contributed by atoms with Crippen LogP contribution in [0.3, 0.4) is 0 Å². The Morgan fingerprint density at radius 1 is 0.826 bits per heavy atom. The van der Waals surface area contributed by atoms with Gasteiger partial charge in [0.2, 0.25) is 0 Å². The molecule has 23 heavy (non-hydrogen) atoms. The van der Waals surface area contributed by atoms with Crippen molar-refractivity contribution in [3.63, 3.8) is 0 Å². The molecule has 2 heterocycles. The number of benzene rings is 2. The molecule has 0 bridgehead atoms. The van der Waals surface area contributed by atoms with E-state index in [0.29, 0.717) is 0 Å². The Labute approximate surface area is 141 Å². The van der Waals surface area contributed by atoms with Crippen LogP contribution in [0.5, 0.6) is 0 Å². The fraction of sp³-hybridized carbons (Fsp3) is 0.150. The van der Waals surface area contributed by atoms with E-state index in [1.165, 1.54) is 30.9 Å². The van der Waals surface area contributed by atoms with E-state index in [0.717, 1.165) is 5.69 Å². The van der Waals surface area contributed by atoms with Gasteiger partial charge >= 0.3 is 0 Å². The molecule has 0 aliphatic heterocycles. The van der Waals surface area contributed by atoms with Gasteiger partial charge in [0.25, 0.3) is 0 Å². The van der Waals surface area contributed by atoms with E-state index in [9.17, 15) is 0 Å². The number of pyridine rings is 1. The number of hydrogen-bond acceptors (Lipinski definition) is 2. The minimum Gasteiger partial charge on any atom is -0.256 e. The highest BCUT2D eigenvalue weighted by Gasteiger charge is 2.17. The fourth-order valence-corrected chi connectivity index (χ4v) is 5.15. The first-order chi connectivity index (χ1) is 11.0. The molecular weight excluding hydrogens is 314 g/mol. The number of thiophene rings is 1. The summed E-state index contributed by atoms with van der Waals surface area (Å²) in [6, 6.07) is 19.6. The quantitative estimate of drug-likeness (QED) is 0.431. The Balaban J connectivity index is 1.95. The van der Waals surface area contributed by atoms with Crippen LogP contribution in [0.2, 0.25) is 19.6 Å². The Hall–Kier alpha value is -1.97. The van der Waals surface area contributed by atoms with Gasteiger partial charge in [-0.05, 0) is 23.4 Å². The maximum Gasteiger partial charge on any atom is 0.0796 e. The molecule has 0 saturated carbocycles. The normalized spacial score (nSPS) is 12.1. The van der Waals surface area contributed by atoms with Gasteiger partial charge in [-0.25, -0.2) is 0 Å². The molecule has 2 aromatic carbocycles. The number of aromatic nitrogens is 1. The molecule has 0 radical (unpaired) electrons. The average Bonchev–Trinajstić information content (AvgIpc) is 2.93. The smallest absolute Gasteiger partial charge is 0.0796 e. The van der Waals surface area contributed by atoms with E-state index in [2.05, 4.69) is 80.4 Å². The highest BCUT2D eigenvalue weighted by atomic mass is 32.1. The SMILES string of the molecule is C[Si](C)(C)c1ccc(-c2cccc3sc4ccccc4c23)nc1. The second kappa shape index (κ2) is 5.29. The average molecular weight is 334 g/mol. The lowest BCUT2D eigenvalue weighted by molar-refractivity contribution is 1.34. The standard InChI is InChI=1S/C20H19NSSi/c1-23(2,3)14-11-12-17(21-13-14)15-8-6-10-19-20(15)16-7-4-5-9-18(16)22-19/h4-13H,1-3H3. The van der Waals surface area contributed by atoms with Crippen LogP contribution in [0.1, 0.15) is 0 Å². The minimum atomic E-state index is -1.30. The number of fused-ring (bicyclic) bond motifs is 3. The zero-order valence-corrected chi connectivity index (χ0v) is 15.4. The predicted octanol–water partition coefficient (Wildman–Crippen LogP) is 5.66. The summed E-state index contributed by atoms with van der Waals surface area (Å²) in [4.78, 5) is 4.79. The van der Waals surface area contributed by atoms with Gasteiger partial charge in [0.15, 0.2) is 0 Å². The van der Waals surface area contributed by atoms with Gasteiger partial charge in [-0.2, -0.15) is 0 Å². The van der Waals surface area contributed by atoms with E-state index in [1.807, 2.05) is 11.3 Å². The van der Waals surface area contributed by atoms with Crippen molar-refractivity contribution in [2.24, 2.45) is 0 Å².